The van der Waals surface area contributed by atoms with Gasteiger partial charge in [-0.05, 0) is 32.1 Å². The molecule has 0 radical (unpaired) electrons. The predicted molar refractivity (Wildman–Crippen MR) is 46.7 cm³/mol. The van der Waals surface area contributed by atoms with Gasteiger partial charge in [-0.2, -0.15) is 0 Å². The molecule has 1 heteroatoms. The number of hydrogen-bond donors (Lipinski definition) is 1. The third-order valence-electron chi connectivity index (χ3n) is 3.50. The third kappa shape index (κ3) is 1.58. The number of rotatable bonds is 0. The van der Waals surface area contributed by atoms with Crippen molar-refractivity contribution in [1.29, 1.82) is 0 Å². The van der Waals surface area contributed by atoms with Crippen molar-refractivity contribution in [2.75, 3.05) is 13.1 Å². The van der Waals surface area contributed by atoms with Crippen molar-refractivity contribution < 1.29 is 4.90 Å². The van der Waals surface area contributed by atoms with Crippen molar-refractivity contribution >= 4 is 0 Å². The van der Waals surface area contributed by atoms with Gasteiger partial charge in [-0.15, -0.1) is 0 Å². The van der Waals surface area contributed by atoms with E-state index < -0.39 is 0 Å². The average Bonchev–Trinajstić information content (AvgIpc) is 2.04. The first kappa shape index (κ1) is 7.60. The fourth-order valence-electron chi connectivity index (χ4n) is 2.80. The maximum atomic E-state index is 2.41. The molecule has 2 fully saturated rings. The van der Waals surface area contributed by atoms with Gasteiger partial charge >= 0.3 is 0 Å². The van der Waals surface area contributed by atoms with Gasteiger partial charge in [0.1, 0.15) is 0 Å². The molecule has 64 valence electrons. The normalized spacial score (nSPS) is 45.0. The van der Waals surface area contributed by atoms with Crippen LogP contribution in [0.15, 0.2) is 0 Å². The first-order valence-corrected chi connectivity index (χ1v) is 5.21. The van der Waals surface area contributed by atoms with Crippen LogP contribution in [0.25, 0.3) is 0 Å². The van der Waals surface area contributed by atoms with Crippen molar-refractivity contribution in [1.82, 2.24) is 0 Å². The van der Waals surface area contributed by atoms with Crippen LogP contribution >= 0.6 is 0 Å². The smallest absolute Gasteiger partial charge is 0.0874 e. The molecule has 3 atom stereocenters. The van der Waals surface area contributed by atoms with Gasteiger partial charge in [0.2, 0.25) is 0 Å². The van der Waals surface area contributed by atoms with Gasteiger partial charge in [0, 0.05) is 5.92 Å². The number of nitrogens with one attached hydrogen (secondary N) is 1. The molecule has 2 saturated heterocycles. The molecule has 2 heterocycles. The Morgan fingerprint density at radius 3 is 2.91 bits per heavy atom. The topological polar surface area (TPSA) is 4.44 Å². The van der Waals surface area contributed by atoms with Crippen molar-refractivity contribution in [3.8, 4) is 0 Å². The van der Waals surface area contributed by atoms with Crippen LogP contribution in [0.2, 0.25) is 0 Å². The van der Waals surface area contributed by atoms with Crippen LogP contribution in [0.1, 0.15) is 39.0 Å². The van der Waals surface area contributed by atoms with Crippen LogP contribution < -0.4 is 4.90 Å². The van der Waals surface area contributed by atoms with Crippen LogP contribution in [-0.4, -0.2) is 19.1 Å². The lowest BCUT2D eigenvalue weighted by Crippen LogP contribution is -3.18. The van der Waals surface area contributed by atoms with Gasteiger partial charge in [-0.1, -0.05) is 6.92 Å². The zero-order valence-corrected chi connectivity index (χ0v) is 7.60. The quantitative estimate of drug-likeness (QED) is 0.528. The molecule has 0 aromatic rings. The molecule has 2 rings (SSSR count). The third-order valence-corrected chi connectivity index (χ3v) is 3.50. The van der Waals surface area contributed by atoms with Crippen molar-refractivity contribution in [2.24, 2.45) is 5.92 Å². The van der Waals surface area contributed by atoms with Crippen molar-refractivity contribution in [2.45, 2.75) is 45.1 Å². The van der Waals surface area contributed by atoms with Gasteiger partial charge in [-0.3, -0.25) is 0 Å². The van der Waals surface area contributed by atoms with E-state index in [4.69, 9.17) is 0 Å². The maximum absolute atomic E-state index is 2.41. The number of quaternary nitrogens is 1. The van der Waals surface area contributed by atoms with Crippen LogP contribution in [0.5, 0.6) is 0 Å². The first-order chi connectivity index (χ1) is 5.36. The summed E-state index contributed by atoms with van der Waals surface area (Å²) in [7, 11) is 0. The van der Waals surface area contributed by atoms with E-state index in [1.54, 1.807) is 0 Å². The number of hydrogen-bond acceptors (Lipinski definition) is 0. The second kappa shape index (κ2) is 3.14. The van der Waals surface area contributed by atoms with Crippen LogP contribution in [0, 0.1) is 5.92 Å². The zero-order valence-electron chi connectivity index (χ0n) is 7.60. The fourth-order valence-corrected chi connectivity index (χ4v) is 2.80. The van der Waals surface area contributed by atoms with E-state index in [-0.39, 0.29) is 0 Å². The number of fused-ring (bicyclic) bond motifs is 1. The summed E-state index contributed by atoms with van der Waals surface area (Å²) in [4.78, 5) is 1.93. The molecule has 0 aliphatic carbocycles. The summed E-state index contributed by atoms with van der Waals surface area (Å²) < 4.78 is 0. The molecule has 0 aromatic carbocycles. The van der Waals surface area contributed by atoms with Crippen LogP contribution in [0.4, 0.5) is 0 Å². The Balaban J connectivity index is 1.93. The summed E-state index contributed by atoms with van der Waals surface area (Å²) in [5, 5.41) is 0. The van der Waals surface area contributed by atoms with E-state index in [0.717, 1.165) is 12.0 Å². The lowest BCUT2D eigenvalue weighted by molar-refractivity contribution is -0.939. The Morgan fingerprint density at radius 2 is 2.00 bits per heavy atom. The molecule has 2 aliphatic heterocycles. The standard InChI is InChI=1S/C10H19N/c1-9-5-6-10-4-2-3-7-11(10)8-9/h9-10H,2-8H2,1H3/p+1/t9-,10+/m0/s1. The van der Waals surface area contributed by atoms with Gasteiger partial charge in [0.25, 0.3) is 0 Å². The first-order valence-electron chi connectivity index (χ1n) is 5.21. The molecule has 0 aromatic heterocycles. The van der Waals surface area contributed by atoms with Gasteiger partial charge in [0.15, 0.2) is 0 Å². The Labute approximate surface area is 69.8 Å². The minimum Gasteiger partial charge on any atom is -0.332 e. The zero-order chi connectivity index (χ0) is 7.68. The molecule has 1 N–H and O–H groups in total. The highest BCUT2D eigenvalue weighted by Gasteiger charge is 2.31. The SMILES string of the molecule is C[C@H]1CC[C@H]2CCCC[NH+]2C1. The van der Waals surface area contributed by atoms with E-state index in [9.17, 15) is 0 Å². The minimum atomic E-state index is 0.999. The summed E-state index contributed by atoms with van der Waals surface area (Å²) in [5.41, 5.74) is 0. The highest BCUT2D eigenvalue weighted by atomic mass is 15.2. The summed E-state index contributed by atoms with van der Waals surface area (Å²) in [5.74, 6) is 0.999. The largest absolute Gasteiger partial charge is 0.332 e. The highest BCUT2D eigenvalue weighted by Crippen LogP contribution is 2.16. The molecular weight excluding hydrogens is 134 g/mol. The fraction of sp³-hybridized carbons (Fsp3) is 1.00. The van der Waals surface area contributed by atoms with E-state index in [1.807, 2.05) is 4.90 Å². The highest BCUT2D eigenvalue weighted by molar-refractivity contribution is 4.68. The Kier molecular flexibility index (Phi) is 2.17. The Bertz CT molecular complexity index is 133. The molecule has 0 amide bonds. The maximum Gasteiger partial charge on any atom is 0.0874 e. The second-order valence-electron chi connectivity index (χ2n) is 4.49. The van der Waals surface area contributed by atoms with Crippen molar-refractivity contribution in [3.63, 3.8) is 0 Å². The van der Waals surface area contributed by atoms with E-state index in [0.29, 0.717) is 0 Å². The summed E-state index contributed by atoms with van der Waals surface area (Å²) in [6.45, 7) is 5.34. The van der Waals surface area contributed by atoms with Gasteiger partial charge in [-0.25, -0.2) is 0 Å². The van der Waals surface area contributed by atoms with E-state index >= 15 is 0 Å². The summed E-state index contributed by atoms with van der Waals surface area (Å²) >= 11 is 0. The number of piperidine rings is 2. The average molecular weight is 154 g/mol. The van der Waals surface area contributed by atoms with Gasteiger partial charge in [0.05, 0.1) is 19.1 Å². The van der Waals surface area contributed by atoms with Crippen molar-refractivity contribution in [3.05, 3.63) is 0 Å². The minimum absolute atomic E-state index is 0.999. The van der Waals surface area contributed by atoms with Crippen LogP contribution in [0.3, 0.4) is 0 Å². The predicted octanol–water partition coefficient (Wildman–Crippen LogP) is 0.854. The Hall–Kier alpha value is -0.0400. The molecule has 2 aliphatic rings. The molecule has 11 heavy (non-hydrogen) atoms. The summed E-state index contributed by atoms with van der Waals surface area (Å²) in [6, 6.07) is 1.06. The van der Waals surface area contributed by atoms with E-state index in [2.05, 4.69) is 6.92 Å². The second-order valence-corrected chi connectivity index (χ2v) is 4.49. The lowest BCUT2D eigenvalue weighted by Gasteiger charge is -2.38. The molecule has 1 nitrogen and oxygen atoms in total. The molecular formula is C10H20N+. The molecule has 0 spiro atoms. The van der Waals surface area contributed by atoms with E-state index in [1.165, 1.54) is 45.2 Å². The monoisotopic (exact) mass is 154 g/mol. The Morgan fingerprint density at radius 1 is 1.09 bits per heavy atom. The summed E-state index contributed by atoms with van der Waals surface area (Å²) in [6.07, 6.45) is 7.51. The molecule has 0 bridgehead atoms. The van der Waals surface area contributed by atoms with Crippen LogP contribution in [-0.2, 0) is 0 Å². The molecule has 0 saturated carbocycles. The lowest BCUT2D eigenvalue weighted by atomic mass is 9.88. The van der Waals surface area contributed by atoms with Gasteiger partial charge < -0.3 is 4.90 Å². The molecule has 1 unspecified atom stereocenters.